The number of rotatable bonds is 5. The monoisotopic (exact) mass is 405 g/mol. The number of nitrogens with zero attached hydrogens (tertiary/aromatic N) is 4. The van der Waals surface area contributed by atoms with Crippen molar-refractivity contribution in [2.45, 2.75) is 13.0 Å². The predicted octanol–water partition coefficient (Wildman–Crippen LogP) is 3.58. The van der Waals surface area contributed by atoms with Crippen molar-refractivity contribution in [1.82, 2.24) is 15.1 Å². The largest absolute Gasteiger partial charge is 0.354 e. The molecule has 0 unspecified atom stereocenters. The van der Waals surface area contributed by atoms with E-state index in [1.165, 1.54) is 12.1 Å². The number of carbonyl (C=O) groups is 1. The third-order valence-corrected chi connectivity index (χ3v) is 5.15. The summed E-state index contributed by atoms with van der Waals surface area (Å²) in [7, 11) is 0. The molecule has 4 rings (SSSR count). The third kappa shape index (κ3) is 5.18. The molecule has 2 heterocycles. The van der Waals surface area contributed by atoms with E-state index >= 15 is 0 Å². The van der Waals surface area contributed by atoms with Crippen molar-refractivity contribution in [3.05, 3.63) is 83.8 Å². The van der Waals surface area contributed by atoms with Crippen LogP contribution in [-0.4, -0.2) is 47.2 Å². The maximum absolute atomic E-state index is 13.1. The molecule has 0 bridgehead atoms. The van der Waals surface area contributed by atoms with Gasteiger partial charge in [-0.2, -0.15) is 0 Å². The second-order valence-corrected chi connectivity index (χ2v) is 7.34. The number of amides is 1. The number of benzene rings is 2. The normalized spacial score (nSPS) is 14.9. The number of anilines is 2. The molecule has 3 aromatic rings. The van der Waals surface area contributed by atoms with Gasteiger partial charge in [0.25, 0.3) is 5.91 Å². The molecule has 0 atom stereocenters. The number of halogens is 1. The summed E-state index contributed by atoms with van der Waals surface area (Å²) >= 11 is 0. The van der Waals surface area contributed by atoms with Crippen LogP contribution >= 0.6 is 0 Å². The van der Waals surface area contributed by atoms with Crippen LogP contribution in [0.1, 0.15) is 22.5 Å². The summed E-state index contributed by atoms with van der Waals surface area (Å²) < 4.78 is 13.1. The van der Waals surface area contributed by atoms with E-state index in [0.717, 1.165) is 56.2 Å². The van der Waals surface area contributed by atoms with Gasteiger partial charge in [-0.15, -0.1) is 10.2 Å². The first-order chi connectivity index (χ1) is 14.7. The highest BCUT2D eigenvalue weighted by atomic mass is 19.1. The fourth-order valence-corrected chi connectivity index (χ4v) is 3.54. The average Bonchev–Trinajstić information content (AvgIpc) is 3.02. The lowest BCUT2D eigenvalue weighted by atomic mass is 10.2. The van der Waals surface area contributed by atoms with Gasteiger partial charge in [0.2, 0.25) is 0 Å². The Labute approximate surface area is 175 Å². The Bertz CT molecular complexity index is 963. The molecule has 0 radical (unpaired) electrons. The molecule has 0 spiro atoms. The zero-order valence-electron chi connectivity index (χ0n) is 16.7. The van der Waals surface area contributed by atoms with Crippen LogP contribution in [0.2, 0.25) is 0 Å². The van der Waals surface area contributed by atoms with Gasteiger partial charge in [0.15, 0.2) is 11.5 Å². The Morgan fingerprint density at radius 3 is 2.43 bits per heavy atom. The fraction of sp³-hybridized carbons (Fsp3) is 0.261. The summed E-state index contributed by atoms with van der Waals surface area (Å²) in [5, 5.41) is 11.2. The van der Waals surface area contributed by atoms with Crippen molar-refractivity contribution in [3.8, 4) is 0 Å². The quantitative estimate of drug-likeness (QED) is 0.703. The minimum atomic E-state index is -0.276. The van der Waals surface area contributed by atoms with Crippen molar-refractivity contribution in [3.63, 3.8) is 0 Å². The molecule has 1 aliphatic heterocycles. The Kier molecular flexibility index (Phi) is 6.29. The van der Waals surface area contributed by atoms with Crippen LogP contribution in [0.15, 0.2) is 66.7 Å². The first-order valence-corrected chi connectivity index (χ1v) is 10.1. The Hall–Kier alpha value is -3.32. The van der Waals surface area contributed by atoms with Crippen LogP contribution in [0.3, 0.4) is 0 Å². The van der Waals surface area contributed by atoms with E-state index < -0.39 is 0 Å². The first-order valence-electron chi connectivity index (χ1n) is 10.1. The van der Waals surface area contributed by atoms with E-state index in [1.807, 2.05) is 48.5 Å². The Morgan fingerprint density at radius 1 is 0.900 bits per heavy atom. The molecular weight excluding hydrogens is 381 g/mol. The highest BCUT2D eigenvalue weighted by Crippen LogP contribution is 2.16. The van der Waals surface area contributed by atoms with Gasteiger partial charge >= 0.3 is 0 Å². The van der Waals surface area contributed by atoms with Crippen LogP contribution in [-0.2, 0) is 6.54 Å². The minimum Gasteiger partial charge on any atom is -0.354 e. The fourth-order valence-electron chi connectivity index (χ4n) is 3.54. The summed E-state index contributed by atoms with van der Waals surface area (Å²) in [4.78, 5) is 16.9. The molecule has 1 amide bonds. The molecular formula is C23H24FN5O. The molecule has 1 aromatic heterocycles. The van der Waals surface area contributed by atoms with E-state index in [4.69, 9.17) is 0 Å². The molecule has 30 heavy (non-hydrogen) atoms. The minimum absolute atomic E-state index is 0.208. The van der Waals surface area contributed by atoms with Crippen molar-refractivity contribution >= 4 is 17.4 Å². The maximum atomic E-state index is 13.1. The number of carbonyl (C=O) groups excluding carboxylic acids is 1. The van der Waals surface area contributed by atoms with Gasteiger partial charge < -0.3 is 10.2 Å². The standard InChI is InChI=1S/C23H24FN5O/c24-19-9-7-18(8-10-19)17-28-13-4-14-29(16-15-28)22-12-11-21(26-27-22)23(30)25-20-5-2-1-3-6-20/h1-3,5-12H,4,13-17H2,(H,25,30). The molecule has 6 nitrogen and oxygen atoms in total. The number of para-hydroxylation sites is 1. The molecule has 2 aromatic carbocycles. The lowest BCUT2D eigenvalue weighted by Gasteiger charge is -2.22. The highest BCUT2D eigenvalue weighted by Gasteiger charge is 2.17. The van der Waals surface area contributed by atoms with Crippen LogP contribution in [0, 0.1) is 5.82 Å². The molecule has 1 N–H and O–H groups in total. The summed E-state index contributed by atoms with van der Waals surface area (Å²) in [6.45, 7) is 4.36. The van der Waals surface area contributed by atoms with Gasteiger partial charge in [-0.1, -0.05) is 30.3 Å². The predicted molar refractivity (Wildman–Crippen MR) is 115 cm³/mol. The van der Waals surface area contributed by atoms with Crippen molar-refractivity contribution in [2.24, 2.45) is 0 Å². The van der Waals surface area contributed by atoms with Gasteiger partial charge in [-0.25, -0.2) is 4.39 Å². The number of hydrogen-bond donors (Lipinski definition) is 1. The Morgan fingerprint density at radius 2 is 1.70 bits per heavy atom. The Balaban J connectivity index is 1.34. The number of nitrogens with one attached hydrogen (secondary N) is 1. The molecule has 0 aliphatic carbocycles. The van der Waals surface area contributed by atoms with Crippen LogP contribution in [0.4, 0.5) is 15.9 Å². The van der Waals surface area contributed by atoms with E-state index in [1.54, 1.807) is 6.07 Å². The van der Waals surface area contributed by atoms with Gasteiger partial charge in [-0.05, 0) is 48.4 Å². The topological polar surface area (TPSA) is 61.4 Å². The SMILES string of the molecule is O=C(Nc1ccccc1)c1ccc(N2CCCN(Cc3ccc(F)cc3)CC2)nn1. The van der Waals surface area contributed by atoms with E-state index in [0.29, 0.717) is 0 Å². The zero-order valence-corrected chi connectivity index (χ0v) is 16.7. The maximum Gasteiger partial charge on any atom is 0.276 e. The summed E-state index contributed by atoms with van der Waals surface area (Å²) in [6, 6.07) is 19.5. The van der Waals surface area contributed by atoms with Crippen molar-refractivity contribution < 1.29 is 9.18 Å². The van der Waals surface area contributed by atoms with Crippen molar-refractivity contribution in [1.29, 1.82) is 0 Å². The zero-order chi connectivity index (χ0) is 20.8. The van der Waals surface area contributed by atoms with Gasteiger partial charge in [0, 0.05) is 38.4 Å². The van der Waals surface area contributed by atoms with Crippen LogP contribution < -0.4 is 10.2 Å². The molecule has 0 saturated carbocycles. The smallest absolute Gasteiger partial charge is 0.276 e. The van der Waals surface area contributed by atoms with Crippen molar-refractivity contribution in [2.75, 3.05) is 36.4 Å². The molecule has 1 aliphatic rings. The summed E-state index contributed by atoms with van der Waals surface area (Å²) in [6.07, 6.45) is 0.999. The van der Waals surface area contributed by atoms with E-state index in [2.05, 4.69) is 25.3 Å². The third-order valence-electron chi connectivity index (χ3n) is 5.15. The molecule has 1 fully saturated rings. The first kappa shape index (κ1) is 20.0. The van der Waals surface area contributed by atoms with Crippen LogP contribution in [0.25, 0.3) is 0 Å². The van der Waals surface area contributed by atoms with Gasteiger partial charge in [0.1, 0.15) is 5.82 Å². The van der Waals surface area contributed by atoms with Gasteiger partial charge in [-0.3, -0.25) is 9.69 Å². The lowest BCUT2D eigenvalue weighted by molar-refractivity contribution is 0.102. The number of hydrogen-bond acceptors (Lipinski definition) is 5. The summed E-state index contributed by atoms with van der Waals surface area (Å²) in [5.74, 6) is 0.289. The molecule has 7 heteroatoms. The second kappa shape index (κ2) is 9.45. The van der Waals surface area contributed by atoms with E-state index in [9.17, 15) is 9.18 Å². The van der Waals surface area contributed by atoms with Crippen LogP contribution in [0.5, 0.6) is 0 Å². The number of aromatic nitrogens is 2. The molecule has 154 valence electrons. The summed E-state index contributed by atoms with van der Waals surface area (Å²) in [5.41, 5.74) is 2.12. The highest BCUT2D eigenvalue weighted by molar-refractivity contribution is 6.02. The average molecular weight is 405 g/mol. The van der Waals surface area contributed by atoms with Gasteiger partial charge in [0.05, 0.1) is 0 Å². The molecule has 1 saturated heterocycles. The second-order valence-electron chi connectivity index (χ2n) is 7.34. The van der Waals surface area contributed by atoms with E-state index in [-0.39, 0.29) is 17.4 Å². The lowest BCUT2D eigenvalue weighted by Crippen LogP contribution is -2.31.